The van der Waals surface area contributed by atoms with Crippen LogP contribution in [0.1, 0.15) is 0 Å². The van der Waals surface area contributed by atoms with E-state index in [1.54, 1.807) is 13.1 Å². The lowest BCUT2D eigenvalue weighted by Gasteiger charge is -2.06. The molecule has 1 N–H and O–H groups in total. The molecule has 0 atom stereocenters. The summed E-state index contributed by atoms with van der Waals surface area (Å²) in [5.74, 6) is -0.296. The summed E-state index contributed by atoms with van der Waals surface area (Å²) < 4.78 is 19.4. The Kier molecular flexibility index (Phi) is 3.93. The Labute approximate surface area is 116 Å². The molecular formula is C10H7BrClFN4O. The van der Waals surface area contributed by atoms with Crippen LogP contribution >= 0.6 is 27.5 Å². The molecule has 5 nitrogen and oxygen atoms in total. The highest BCUT2D eigenvalue weighted by Gasteiger charge is 2.10. The second-order valence-corrected chi connectivity index (χ2v) is 4.39. The predicted octanol–water partition coefficient (Wildman–Crippen LogP) is 3.26. The molecule has 2 aromatic rings. The van der Waals surface area contributed by atoms with Gasteiger partial charge >= 0.3 is 6.01 Å². The van der Waals surface area contributed by atoms with Crippen molar-refractivity contribution in [1.82, 2.24) is 15.0 Å². The van der Waals surface area contributed by atoms with Crippen molar-refractivity contribution in [2.75, 3.05) is 12.4 Å². The highest BCUT2D eigenvalue weighted by molar-refractivity contribution is 9.10. The predicted molar refractivity (Wildman–Crippen MR) is 68.6 cm³/mol. The molecule has 0 saturated heterocycles. The van der Waals surface area contributed by atoms with Gasteiger partial charge in [-0.05, 0) is 29.8 Å². The van der Waals surface area contributed by atoms with E-state index >= 15 is 0 Å². The van der Waals surface area contributed by atoms with Crippen LogP contribution in [0.3, 0.4) is 0 Å². The van der Waals surface area contributed by atoms with Gasteiger partial charge in [-0.15, -0.1) is 0 Å². The summed E-state index contributed by atoms with van der Waals surface area (Å²) in [5.41, 5.74) is 0. The zero-order valence-electron chi connectivity index (χ0n) is 9.12. The van der Waals surface area contributed by atoms with E-state index in [2.05, 4.69) is 36.2 Å². The molecule has 94 valence electrons. The normalized spacial score (nSPS) is 10.2. The van der Waals surface area contributed by atoms with Crippen LogP contribution in [-0.2, 0) is 0 Å². The first kappa shape index (κ1) is 13.0. The van der Waals surface area contributed by atoms with E-state index in [1.165, 1.54) is 12.1 Å². The van der Waals surface area contributed by atoms with Crippen molar-refractivity contribution in [3.8, 4) is 11.8 Å². The molecule has 18 heavy (non-hydrogen) atoms. The number of benzene rings is 1. The summed E-state index contributed by atoms with van der Waals surface area (Å²) in [4.78, 5) is 11.4. The number of anilines is 1. The standard InChI is InChI=1S/C10H7BrClFN4O/c1-14-9-15-8(12)16-10(17-9)18-7-4-5(11)2-3-6(7)13/h2-4H,1H3,(H,14,15,16,17). The average molecular weight is 334 g/mol. The van der Waals surface area contributed by atoms with Crippen LogP contribution in [0.15, 0.2) is 22.7 Å². The van der Waals surface area contributed by atoms with Crippen LogP contribution in [0.2, 0.25) is 5.28 Å². The second kappa shape index (κ2) is 5.45. The Hall–Kier alpha value is -1.47. The van der Waals surface area contributed by atoms with E-state index in [0.717, 1.165) is 0 Å². The lowest BCUT2D eigenvalue weighted by molar-refractivity contribution is 0.410. The second-order valence-electron chi connectivity index (χ2n) is 3.14. The smallest absolute Gasteiger partial charge is 0.328 e. The topological polar surface area (TPSA) is 59.9 Å². The Balaban J connectivity index is 2.33. The van der Waals surface area contributed by atoms with Crippen molar-refractivity contribution in [3.05, 3.63) is 33.8 Å². The third-order valence-electron chi connectivity index (χ3n) is 1.91. The van der Waals surface area contributed by atoms with E-state index in [4.69, 9.17) is 16.3 Å². The number of rotatable bonds is 3. The fourth-order valence-corrected chi connectivity index (χ4v) is 1.64. The molecule has 0 saturated carbocycles. The van der Waals surface area contributed by atoms with Gasteiger partial charge in [0.25, 0.3) is 0 Å². The molecule has 0 radical (unpaired) electrons. The number of aromatic nitrogens is 3. The molecule has 2 rings (SSSR count). The van der Waals surface area contributed by atoms with Crippen LogP contribution in [0.4, 0.5) is 10.3 Å². The molecular weight excluding hydrogens is 326 g/mol. The van der Waals surface area contributed by atoms with Gasteiger partial charge in [-0.2, -0.15) is 15.0 Å². The lowest BCUT2D eigenvalue weighted by atomic mass is 10.3. The maximum atomic E-state index is 13.5. The molecule has 0 fully saturated rings. The number of hydrogen-bond acceptors (Lipinski definition) is 5. The number of nitrogens with zero attached hydrogens (tertiary/aromatic N) is 3. The van der Waals surface area contributed by atoms with Crippen LogP contribution in [0.25, 0.3) is 0 Å². The summed E-state index contributed by atoms with van der Waals surface area (Å²) in [7, 11) is 1.62. The highest BCUT2D eigenvalue weighted by atomic mass is 79.9. The zero-order valence-corrected chi connectivity index (χ0v) is 11.5. The third kappa shape index (κ3) is 3.05. The largest absolute Gasteiger partial charge is 0.421 e. The number of hydrogen-bond donors (Lipinski definition) is 1. The van der Waals surface area contributed by atoms with Gasteiger partial charge in [0.05, 0.1) is 0 Å². The first-order chi connectivity index (χ1) is 8.58. The van der Waals surface area contributed by atoms with Gasteiger partial charge in [-0.3, -0.25) is 0 Å². The van der Waals surface area contributed by atoms with Crippen molar-refractivity contribution in [1.29, 1.82) is 0 Å². The molecule has 1 heterocycles. The molecule has 0 spiro atoms. The van der Waals surface area contributed by atoms with Crippen LogP contribution in [0, 0.1) is 5.82 Å². The highest BCUT2D eigenvalue weighted by Crippen LogP contribution is 2.26. The summed E-state index contributed by atoms with van der Waals surface area (Å²) in [6.45, 7) is 0. The van der Waals surface area contributed by atoms with E-state index in [0.29, 0.717) is 4.47 Å². The maximum Gasteiger partial charge on any atom is 0.328 e. The Morgan fingerprint density at radius 1 is 1.33 bits per heavy atom. The van der Waals surface area contributed by atoms with Crippen molar-refractivity contribution < 1.29 is 9.13 Å². The fourth-order valence-electron chi connectivity index (χ4n) is 1.14. The monoisotopic (exact) mass is 332 g/mol. The number of halogens is 3. The molecule has 1 aromatic carbocycles. The minimum absolute atomic E-state index is 0.00584. The van der Waals surface area contributed by atoms with Gasteiger partial charge in [-0.1, -0.05) is 15.9 Å². The van der Waals surface area contributed by atoms with Crippen molar-refractivity contribution in [2.24, 2.45) is 0 Å². The van der Waals surface area contributed by atoms with E-state index in [-0.39, 0.29) is 23.0 Å². The van der Waals surface area contributed by atoms with Crippen LogP contribution in [-0.4, -0.2) is 22.0 Å². The first-order valence-electron chi connectivity index (χ1n) is 4.80. The average Bonchev–Trinajstić information content (AvgIpc) is 2.33. The summed E-state index contributed by atoms with van der Waals surface area (Å²) in [5, 5.41) is 2.65. The van der Waals surface area contributed by atoms with Crippen LogP contribution in [0.5, 0.6) is 11.8 Å². The van der Waals surface area contributed by atoms with E-state index in [1.807, 2.05) is 0 Å². The van der Waals surface area contributed by atoms with E-state index in [9.17, 15) is 4.39 Å². The van der Waals surface area contributed by atoms with Crippen LogP contribution < -0.4 is 10.1 Å². The Morgan fingerprint density at radius 3 is 2.83 bits per heavy atom. The third-order valence-corrected chi connectivity index (χ3v) is 2.57. The van der Waals surface area contributed by atoms with Gasteiger partial charge in [0.2, 0.25) is 11.2 Å². The Morgan fingerprint density at radius 2 is 2.11 bits per heavy atom. The molecule has 0 aliphatic heterocycles. The fraction of sp³-hybridized carbons (Fsp3) is 0.100. The Bertz CT molecular complexity index is 584. The quantitative estimate of drug-likeness (QED) is 0.934. The molecule has 0 bridgehead atoms. The number of ether oxygens (including phenoxy) is 1. The minimum atomic E-state index is -0.527. The summed E-state index contributed by atoms with van der Waals surface area (Å²) in [6, 6.07) is 4.20. The minimum Gasteiger partial charge on any atom is -0.421 e. The summed E-state index contributed by atoms with van der Waals surface area (Å²) >= 11 is 8.89. The van der Waals surface area contributed by atoms with Gasteiger partial charge in [-0.25, -0.2) is 4.39 Å². The van der Waals surface area contributed by atoms with E-state index < -0.39 is 5.82 Å². The van der Waals surface area contributed by atoms with Gasteiger partial charge in [0.15, 0.2) is 11.6 Å². The zero-order chi connectivity index (χ0) is 13.1. The molecule has 1 aromatic heterocycles. The molecule has 0 amide bonds. The lowest BCUT2D eigenvalue weighted by Crippen LogP contribution is -2.01. The molecule has 8 heteroatoms. The summed E-state index contributed by atoms with van der Waals surface area (Å²) in [6.07, 6.45) is 0. The van der Waals surface area contributed by atoms with Gasteiger partial charge in [0, 0.05) is 11.5 Å². The molecule has 0 unspecified atom stereocenters. The van der Waals surface area contributed by atoms with Crippen molar-refractivity contribution in [3.63, 3.8) is 0 Å². The van der Waals surface area contributed by atoms with Crippen molar-refractivity contribution in [2.45, 2.75) is 0 Å². The van der Waals surface area contributed by atoms with Gasteiger partial charge in [0.1, 0.15) is 0 Å². The number of nitrogens with one attached hydrogen (secondary N) is 1. The molecule has 0 aliphatic rings. The maximum absolute atomic E-state index is 13.5. The molecule has 0 aliphatic carbocycles. The SMILES string of the molecule is CNc1nc(Cl)nc(Oc2cc(Br)ccc2F)n1. The van der Waals surface area contributed by atoms with Crippen molar-refractivity contribution >= 4 is 33.5 Å². The van der Waals surface area contributed by atoms with Gasteiger partial charge < -0.3 is 10.1 Å². The first-order valence-corrected chi connectivity index (χ1v) is 5.98.